The van der Waals surface area contributed by atoms with Crippen molar-refractivity contribution in [3.63, 3.8) is 0 Å². The molecule has 0 N–H and O–H groups in total. The summed E-state index contributed by atoms with van der Waals surface area (Å²) in [6, 6.07) is 98.8. The SMILES string of the molecule is c1ccc(-c2ccccc2-c2c(-c3ccccc3)cccc2N(c2cccc(-n3c4ccccc4c4ccccc43)c2)c2cccc3c2-c2ccccc2C32c3ccccc3-c3ccccc32)cc1. The van der Waals surface area contributed by atoms with Crippen molar-refractivity contribution in [3.05, 3.63) is 289 Å². The van der Waals surface area contributed by atoms with Crippen molar-refractivity contribution < 1.29 is 0 Å². The van der Waals surface area contributed by atoms with Gasteiger partial charge in [-0.05, 0) is 109 Å². The van der Waals surface area contributed by atoms with Gasteiger partial charge in [0.05, 0.1) is 27.8 Å². The zero-order valence-corrected chi connectivity index (χ0v) is 37.8. The first-order valence-corrected chi connectivity index (χ1v) is 23.9. The van der Waals surface area contributed by atoms with Crippen LogP contribution in [0, 0.1) is 0 Å². The second-order valence-corrected chi connectivity index (χ2v) is 18.3. The van der Waals surface area contributed by atoms with Crippen LogP contribution in [0.4, 0.5) is 17.1 Å². The van der Waals surface area contributed by atoms with Crippen LogP contribution in [0.5, 0.6) is 0 Å². The lowest BCUT2D eigenvalue weighted by Gasteiger charge is -2.33. The van der Waals surface area contributed by atoms with Gasteiger partial charge in [0.25, 0.3) is 0 Å². The largest absolute Gasteiger partial charge is 0.309 e. The normalized spacial score (nSPS) is 12.8. The van der Waals surface area contributed by atoms with E-state index in [1.165, 1.54) is 94.1 Å². The minimum Gasteiger partial charge on any atom is -0.309 e. The van der Waals surface area contributed by atoms with Crippen LogP contribution in [0.15, 0.2) is 267 Å². The summed E-state index contributed by atoms with van der Waals surface area (Å²) in [4.78, 5) is 2.57. The molecule has 1 heterocycles. The Kier molecular flexibility index (Phi) is 8.84. The Hall–Kier alpha value is -8.98. The van der Waals surface area contributed by atoms with Gasteiger partial charge in [0.2, 0.25) is 0 Å². The molecule has 0 saturated carbocycles. The molecule has 2 heteroatoms. The van der Waals surface area contributed by atoms with E-state index >= 15 is 0 Å². The Labute approximate surface area is 402 Å². The molecule has 1 spiro atoms. The monoisotopic (exact) mass is 876 g/mol. The van der Waals surface area contributed by atoms with E-state index in [-0.39, 0.29) is 0 Å². The molecule has 2 nitrogen and oxygen atoms in total. The van der Waals surface area contributed by atoms with E-state index in [0.717, 1.165) is 28.3 Å². The fourth-order valence-electron chi connectivity index (χ4n) is 12.1. The summed E-state index contributed by atoms with van der Waals surface area (Å²) in [5.41, 5.74) is 23.7. The predicted octanol–water partition coefficient (Wildman–Crippen LogP) is 17.6. The maximum Gasteiger partial charge on any atom is 0.0726 e. The highest BCUT2D eigenvalue weighted by Crippen LogP contribution is 2.65. The number of para-hydroxylation sites is 2. The quantitative estimate of drug-likeness (QED) is 0.155. The molecule has 322 valence electrons. The summed E-state index contributed by atoms with van der Waals surface area (Å²) in [6.07, 6.45) is 0. The van der Waals surface area contributed by atoms with E-state index in [0.29, 0.717) is 0 Å². The summed E-state index contributed by atoms with van der Waals surface area (Å²) in [5, 5.41) is 2.48. The molecule has 69 heavy (non-hydrogen) atoms. The standard InChI is InChI=1S/C67H44N2/c1-3-22-45(23-4-1)49-28-7-8-33-55(49)65-50(46-24-5-2-6-25-46)35-20-42-63(65)69(48-27-19-26-47(44-48)68-61-40-17-12-31-53(61)54-32-13-18-41-62(54)68)64-43-21-39-60-66(64)56-34-11-16-38-59(56)67(60)57-36-14-9-29-51(57)52-30-10-15-37-58(52)67/h1-44H. The first-order chi connectivity index (χ1) is 34.3. The van der Waals surface area contributed by atoms with Crippen LogP contribution in [-0.2, 0) is 5.41 Å². The van der Waals surface area contributed by atoms with Crippen LogP contribution in [0.2, 0.25) is 0 Å². The lowest BCUT2D eigenvalue weighted by molar-refractivity contribution is 0.794. The molecule has 0 saturated heterocycles. The van der Waals surface area contributed by atoms with E-state index in [4.69, 9.17) is 0 Å². The lowest BCUT2D eigenvalue weighted by atomic mass is 9.70. The Morgan fingerprint density at radius 1 is 0.290 bits per heavy atom. The van der Waals surface area contributed by atoms with Crippen LogP contribution in [0.3, 0.4) is 0 Å². The number of benzene rings is 11. The molecule has 14 rings (SSSR count). The third-order valence-electron chi connectivity index (χ3n) is 14.8. The topological polar surface area (TPSA) is 8.17 Å². The fourth-order valence-corrected chi connectivity index (χ4v) is 12.1. The summed E-state index contributed by atoms with van der Waals surface area (Å²) in [6.45, 7) is 0. The van der Waals surface area contributed by atoms with Crippen molar-refractivity contribution >= 4 is 38.9 Å². The molecule has 12 aromatic rings. The van der Waals surface area contributed by atoms with Crippen LogP contribution >= 0.6 is 0 Å². The smallest absolute Gasteiger partial charge is 0.0726 e. The van der Waals surface area contributed by atoms with E-state index < -0.39 is 5.41 Å². The molecule has 0 fully saturated rings. The average Bonchev–Trinajstić information content (AvgIpc) is 4.04. The van der Waals surface area contributed by atoms with Crippen molar-refractivity contribution in [2.75, 3.05) is 4.90 Å². The second-order valence-electron chi connectivity index (χ2n) is 18.3. The van der Waals surface area contributed by atoms with Gasteiger partial charge in [-0.3, -0.25) is 0 Å². The van der Waals surface area contributed by atoms with Gasteiger partial charge in [-0.1, -0.05) is 224 Å². The number of anilines is 3. The van der Waals surface area contributed by atoms with Gasteiger partial charge >= 0.3 is 0 Å². The molecule has 0 amide bonds. The summed E-state index contributed by atoms with van der Waals surface area (Å²) < 4.78 is 2.43. The molecular formula is C67H44N2. The van der Waals surface area contributed by atoms with Gasteiger partial charge in [0.15, 0.2) is 0 Å². The number of nitrogens with zero attached hydrogens (tertiary/aromatic N) is 2. The number of hydrogen-bond acceptors (Lipinski definition) is 1. The highest BCUT2D eigenvalue weighted by molar-refractivity contribution is 6.10. The van der Waals surface area contributed by atoms with Gasteiger partial charge in [-0.15, -0.1) is 0 Å². The fraction of sp³-hybridized carbons (Fsp3) is 0.0149. The van der Waals surface area contributed by atoms with Crippen molar-refractivity contribution in [1.29, 1.82) is 0 Å². The van der Waals surface area contributed by atoms with E-state index in [1.54, 1.807) is 0 Å². The average molecular weight is 877 g/mol. The Bertz CT molecular complexity index is 3870. The van der Waals surface area contributed by atoms with E-state index in [1.807, 2.05) is 0 Å². The molecule has 0 atom stereocenters. The molecular weight excluding hydrogens is 833 g/mol. The molecule has 0 aliphatic heterocycles. The predicted molar refractivity (Wildman–Crippen MR) is 288 cm³/mol. The van der Waals surface area contributed by atoms with Crippen LogP contribution < -0.4 is 4.90 Å². The molecule has 0 bridgehead atoms. The molecule has 2 aliphatic carbocycles. The van der Waals surface area contributed by atoms with Gasteiger partial charge < -0.3 is 9.47 Å². The first kappa shape index (κ1) is 39.2. The van der Waals surface area contributed by atoms with E-state index in [2.05, 4.69) is 276 Å². The number of hydrogen-bond donors (Lipinski definition) is 0. The van der Waals surface area contributed by atoms with Crippen molar-refractivity contribution in [3.8, 4) is 61.3 Å². The number of aromatic nitrogens is 1. The maximum absolute atomic E-state index is 2.57. The Morgan fingerprint density at radius 2 is 0.725 bits per heavy atom. The molecule has 1 aromatic heterocycles. The Morgan fingerprint density at radius 3 is 1.36 bits per heavy atom. The van der Waals surface area contributed by atoms with Gasteiger partial charge in [-0.2, -0.15) is 0 Å². The zero-order valence-electron chi connectivity index (χ0n) is 37.8. The number of fused-ring (bicyclic) bond motifs is 13. The van der Waals surface area contributed by atoms with Gasteiger partial charge in [-0.25, -0.2) is 0 Å². The highest BCUT2D eigenvalue weighted by atomic mass is 15.2. The first-order valence-electron chi connectivity index (χ1n) is 23.9. The zero-order chi connectivity index (χ0) is 45.5. The van der Waals surface area contributed by atoms with Crippen molar-refractivity contribution in [2.24, 2.45) is 0 Å². The number of rotatable bonds is 7. The van der Waals surface area contributed by atoms with Crippen molar-refractivity contribution in [1.82, 2.24) is 4.57 Å². The minimum absolute atomic E-state index is 0.500. The third-order valence-corrected chi connectivity index (χ3v) is 14.8. The lowest BCUT2D eigenvalue weighted by Crippen LogP contribution is -2.26. The van der Waals surface area contributed by atoms with Crippen LogP contribution in [0.1, 0.15) is 22.3 Å². The molecule has 0 unspecified atom stereocenters. The molecule has 0 radical (unpaired) electrons. The maximum atomic E-state index is 2.57. The highest BCUT2D eigenvalue weighted by Gasteiger charge is 2.52. The summed E-state index contributed by atoms with van der Waals surface area (Å²) in [7, 11) is 0. The Balaban J connectivity index is 1.11. The second kappa shape index (κ2) is 15.6. The van der Waals surface area contributed by atoms with Gasteiger partial charge in [0, 0.05) is 33.3 Å². The molecule has 2 aliphatic rings. The van der Waals surface area contributed by atoms with Crippen LogP contribution in [-0.4, -0.2) is 4.57 Å². The molecule has 11 aromatic carbocycles. The summed E-state index contributed by atoms with van der Waals surface area (Å²) in [5.74, 6) is 0. The van der Waals surface area contributed by atoms with Gasteiger partial charge in [0.1, 0.15) is 0 Å². The summed E-state index contributed by atoms with van der Waals surface area (Å²) >= 11 is 0. The minimum atomic E-state index is -0.500. The van der Waals surface area contributed by atoms with Crippen molar-refractivity contribution in [2.45, 2.75) is 5.41 Å². The van der Waals surface area contributed by atoms with Crippen LogP contribution in [0.25, 0.3) is 83.1 Å². The third kappa shape index (κ3) is 5.73. The van der Waals surface area contributed by atoms with E-state index in [9.17, 15) is 0 Å².